The molecule has 0 fully saturated rings. The van der Waals surface area contributed by atoms with Gasteiger partial charge in [-0.2, -0.15) is 5.01 Å². The van der Waals surface area contributed by atoms with E-state index in [0.29, 0.717) is 23.7 Å². The normalized spacial score (nSPS) is 11.1. The van der Waals surface area contributed by atoms with E-state index in [4.69, 9.17) is 4.74 Å². The van der Waals surface area contributed by atoms with Crippen LogP contribution in [0, 0.1) is 11.8 Å². The molecule has 2 N–H and O–H groups in total. The standard InChI is InChI=1S/C22H21N5O4/c1-13-16-12-27(11-9-23-22(29)26(2)25-30)10-8-14(16)19(21(28)31-3)20-18(13)15-6-4-5-7-17(15)24-20/h4-8,10,12H,9,11H2,1-3H3,(H,23,29)/p+1. The molecule has 2 heterocycles. The first-order chi connectivity index (χ1) is 15.0. The van der Waals surface area contributed by atoms with Crippen LogP contribution in [-0.2, 0) is 11.3 Å². The van der Waals surface area contributed by atoms with E-state index in [1.54, 1.807) is 0 Å². The number of ether oxygens (including phenoxy) is 1. The second-order valence-corrected chi connectivity index (χ2v) is 7.26. The summed E-state index contributed by atoms with van der Waals surface area (Å²) in [4.78, 5) is 38.2. The highest BCUT2D eigenvalue weighted by Crippen LogP contribution is 2.36. The summed E-state index contributed by atoms with van der Waals surface area (Å²) in [5.74, 6) is -0.407. The Kier molecular flexibility index (Phi) is 5.24. The smallest absolute Gasteiger partial charge is 0.340 e. The van der Waals surface area contributed by atoms with E-state index in [-0.39, 0.29) is 0 Å². The van der Waals surface area contributed by atoms with E-state index < -0.39 is 12.0 Å². The summed E-state index contributed by atoms with van der Waals surface area (Å²) in [7, 11) is 2.66. The molecule has 9 nitrogen and oxygen atoms in total. The Morgan fingerprint density at radius 1 is 1.19 bits per heavy atom. The zero-order valence-corrected chi connectivity index (χ0v) is 17.4. The molecule has 0 saturated heterocycles. The van der Waals surface area contributed by atoms with Gasteiger partial charge in [-0.3, -0.25) is 0 Å². The van der Waals surface area contributed by atoms with Crippen LogP contribution in [-0.4, -0.2) is 42.7 Å². The van der Waals surface area contributed by atoms with Crippen LogP contribution in [0.1, 0.15) is 15.9 Å². The van der Waals surface area contributed by atoms with Gasteiger partial charge in [-0.05, 0) is 18.6 Å². The van der Waals surface area contributed by atoms with Gasteiger partial charge in [-0.25, -0.2) is 14.2 Å². The molecule has 9 heteroatoms. The second kappa shape index (κ2) is 8.02. The average Bonchev–Trinajstić information content (AvgIpc) is 3.18. The van der Waals surface area contributed by atoms with Crippen molar-refractivity contribution in [2.75, 3.05) is 20.7 Å². The van der Waals surface area contributed by atoms with Gasteiger partial charge in [0.25, 0.3) is 0 Å². The molecule has 158 valence electrons. The Balaban J connectivity index is 1.83. The van der Waals surface area contributed by atoms with Gasteiger partial charge >= 0.3 is 12.0 Å². The lowest BCUT2D eigenvalue weighted by molar-refractivity contribution is -0.693. The van der Waals surface area contributed by atoms with Gasteiger partial charge in [-0.1, -0.05) is 18.2 Å². The maximum atomic E-state index is 12.7. The highest BCUT2D eigenvalue weighted by molar-refractivity contribution is 6.23. The predicted octanol–water partition coefficient (Wildman–Crippen LogP) is 3.18. The highest BCUT2D eigenvalue weighted by Gasteiger charge is 2.23. The highest BCUT2D eigenvalue weighted by atomic mass is 16.5. The number of nitrogens with zero attached hydrogens (tertiary/aromatic N) is 3. The monoisotopic (exact) mass is 420 g/mol. The van der Waals surface area contributed by atoms with E-state index in [2.05, 4.69) is 15.6 Å². The molecule has 4 rings (SSSR count). The number of pyridine rings is 1. The number of aryl methyl sites for hydroxylation is 1. The average molecular weight is 420 g/mol. The van der Waals surface area contributed by atoms with Crippen molar-refractivity contribution in [1.29, 1.82) is 0 Å². The van der Waals surface area contributed by atoms with Crippen LogP contribution in [0.4, 0.5) is 4.79 Å². The lowest BCUT2D eigenvalue weighted by Gasteiger charge is -2.11. The minimum Gasteiger partial charge on any atom is -0.465 e. The number of methoxy groups -OCH3 is 1. The van der Waals surface area contributed by atoms with Crippen molar-refractivity contribution in [3.63, 3.8) is 0 Å². The predicted molar refractivity (Wildman–Crippen MR) is 117 cm³/mol. The summed E-state index contributed by atoms with van der Waals surface area (Å²) in [6.45, 7) is 2.82. The molecule has 2 aromatic heterocycles. The van der Waals surface area contributed by atoms with Crippen LogP contribution in [0.5, 0.6) is 0 Å². The van der Waals surface area contributed by atoms with Gasteiger partial charge in [0, 0.05) is 34.8 Å². The summed E-state index contributed by atoms with van der Waals surface area (Å²) in [6.07, 6.45) is 3.79. The van der Waals surface area contributed by atoms with Crippen LogP contribution in [0.25, 0.3) is 32.6 Å². The number of aromatic amines is 1. The topological polar surface area (TPSA) is 108 Å². The molecule has 0 aliphatic carbocycles. The molecule has 4 aromatic rings. The number of para-hydroxylation sites is 1. The SMILES string of the molecule is COC(=O)c1c2cc[n+](CCNC(=O)N(C)N=O)cc2c(C)c2c1[nH]c1ccccc12. The first kappa shape index (κ1) is 20.3. The Hall–Kier alpha value is -4.01. The number of carbonyl (C=O) groups excluding carboxylic acids is 2. The lowest BCUT2D eigenvalue weighted by atomic mass is 9.96. The fourth-order valence-corrected chi connectivity index (χ4v) is 3.94. The number of rotatable bonds is 5. The van der Waals surface area contributed by atoms with E-state index in [9.17, 15) is 14.5 Å². The molecular weight excluding hydrogens is 398 g/mol. The van der Waals surface area contributed by atoms with Gasteiger partial charge in [0.15, 0.2) is 18.9 Å². The fourth-order valence-electron chi connectivity index (χ4n) is 3.94. The number of benzene rings is 2. The third kappa shape index (κ3) is 3.43. The van der Waals surface area contributed by atoms with Crippen molar-refractivity contribution in [3.8, 4) is 0 Å². The van der Waals surface area contributed by atoms with E-state index >= 15 is 0 Å². The molecule has 0 aliphatic rings. The van der Waals surface area contributed by atoms with Gasteiger partial charge in [-0.15, -0.1) is 4.91 Å². The van der Waals surface area contributed by atoms with Gasteiger partial charge in [0.2, 0.25) is 0 Å². The molecule has 2 aromatic carbocycles. The summed E-state index contributed by atoms with van der Waals surface area (Å²) in [6, 6.07) is 9.23. The molecule has 31 heavy (non-hydrogen) atoms. The number of amides is 2. The Bertz CT molecular complexity index is 1340. The van der Waals surface area contributed by atoms with Crippen molar-refractivity contribution >= 4 is 44.6 Å². The van der Waals surface area contributed by atoms with E-state index in [0.717, 1.165) is 38.1 Å². The number of nitrogens with one attached hydrogen (secondary N) is 2. The number of hydrogen-bond acceptors (Lipinski definition) is 5. The number of hydrogen-bond donors (Lipinski definition) is 2. The second-order valence-electron chi connectivity index (χ2n) is 7.26. The van der Waals surface area contributed by atoms with Crippen LogP contribution in [0.3, 0.4) is 0 Å². The summed E-state index contributed by atoms with van der Waals surface area (Å²) in [5, 5.41) is 9.61. The number of H-pyrrole nitrogens is 1. The van der Waals surface area contributed by atoms with Crippen molar-refractivity contribution in [3.05, 3.63) is 58.8 Å². The molecule has 0 unspecified atom stereocenters. The molecule has 0 aliphatic heterocycles. The van der Waals surface area contributed by atoms with Gasteiger partial charge in [0.05, 0.1) is 35.4 Å². The summed E-state index contributed by atoms with van der Waals surface area (Å²) in [5.41, 5.74) is 3.24. The maximum absolute atomic E-state index is 12.7. The quantitative estimate of drug-likeness (QED) is 0.224. The summed E-state index contributed by atoms with van der Waals surface area (Å²) < 4.78 is 7.01. The molecule has 0 radical (unpaired) electrons. The minimum atomic E-state index is -0.568. The van der Waals surface area contributed by atoms with Crippen molar-refractivity contribution in [1.82, 2.24) is 15.3 Å². The first-order valence-electron chi connectivity index (χ1n) is 9.75. The van der Waals surface area contributed by atoms with Crippen molar-refractivity contribution < 1.29 is 18.9 Å². The van der Waals surface area contributed by atoms with Gasteiger partial charge < -0.3 is 15.0 Å². The van der Waals surface area contributed by atoms with Crippen molar-refractivity contribution in [2.45, 2.75) is 13.5 Å². The van der Waals surface area contributed by atoms with Crippen LogP contribution >= 0.6 is 0 Å². The number of nitroso groups, excluding NO2 is 1. The van der Waals surface area contributed by atoms with E-state index in [1.165, 1.54) is 14.2 Å². The molecule has 0 spiro atoms. The van der Waals surface area contributed by atoms with Crippen molar-refractivity contribution in [2.24, 2.45) is 5.29 Å². The zero-order valence-electron chi connectivity index (χ0n) is 17.4. The first-order valence-corrected chi connectivity index (χ1v) is 9.75. The zero-order chi connectivity index (χ0) is 22.1. The number of carbonyl (C=O) groups is 2. The molecular formula is C22H22N5O4+. The Labute approximate surface area is 177 Å². The fraction of sp³-hybridized carbons (Fsp3) is 0.227. The molecule has 0 atom stereocenters. The molecule has 0 bridgehead atoms. The number of urea groups is 1. The number of esters is 1. The van der Waals surface area contributed by atoms with E-state index in [1.807, 2.05) is 54.2 Å². The Morgan fingerprint density at radius 3 is 2.71 bits per heavy atom. The minimum absolute atomic E-state index is 0.313. The largest absolute Gasteiger partial charge is 0.465 e. The Morgan fingerprint density at radius 2 is 1.97 bits per heavy atom. The van der Waals surface area contributed by atoms with Crippen LogP contribution in [0.2, 0.25) is 0 Å². The third-order valence-electron chi connectivity index (χ3n) is 5.47. The maximum Gasteiger partial charge on any atom is 0.340 e. The molecule has 2 amide bonds. The van der Waals surface area contributed by atoms with Crippen LogP contribution in [0.15, 0.2) is 48.0 Å². The van der Waals surface area contributed by atoms with Gasteiger partial charge in [0.1, 0.15) is 0 Å². The lowest BCUT2D eigenvalue weighted by Crippen LogP contribution is -2.42. The molecule has 0 saturated carbocycles. The van der Waals surface area contributed by atoms with Crippen LogP contribution < -0.4 is 9.88 Å². The summed E-state index contributed by atoms with van der Waals surface area (Å²) >= 11 is 0. The number of fused-ring (bicyclic) bond motifs is 4. The third-order valence-corrected chi connectivity index (χ3v) is 5.47. The number of aromatic nitrogens is 2.